The summed E-state index contributed by atoms with van der Waals surface area (Å²) in [7, 11) is 3.59. The third kappa shape index (κ3) is 3.95. The first-order valence-corrected chi connectivity index (χ1v) is 11.2. The van der Waals surface area contributed by atoms with Crippen LogP contribution in [0.2, 0.25) is 0 Å². The number of H-pyrrole nitrogens is 1. The predicted molar refractivity (Wildman–Crippen MR) is 130 cm³/mol. The maximum absolute atomic E-state index is 12.5. The summed E-state index contributed by atoms with van der Waals surface area (Å²) in [6.07, 6.45) is 2.13. The smallest absolute Gasteiger partial charge is 0.335 e. The summed E-state index contributed by atoms with van der Waals surface area (Å²) in [5.41, 5.74) is 1.88. The predicted octanol–water partition coefficient (Wildman–Crippen LogP) is 1.93. The maximum atomic E-state index is 12.5. The number of aliphatic imine (C=N–C) groups is 1. The van der Waals surface area contributed by atoms with E-state index in [2.05, 4.69) is 14.9 Å². The number of likely N-dealkylation sites (N-methyl/N-ethyl adjacent to an activating group) is 1. The van der Waals surface area contributed by atoms with Gasteiger partial charge in [-0.15, -0.1) is 0 Å². The van der Waals surface area contributed by atoms with Crippen molar-refractivity contribution < 1.29 is 19.3 Å². The van der Waals surface area contributed by atoms with Gasteiger partial charge in [-0.25, -0.2) is 9.36 Å². The fourth-order valence-electron chi connectivity index (χ4n) is 4.66. The Morgan fingerprint density at radius 1 is 1.29 bits per heavy atom. The quantitative estimate of drug-likeness (QED) is 0.538. The lowest BCUT2D eigenvalue weighted by Gasteiger charge is -2.35. The fraction of sp³-hybridized carbons (Fsp3) is 0.320. The lowest BCUT2D eigenvalue weighted by Crippen LogP contribution is -2.34. The maximum Gasteiger partial charge on any atom is 0.335 e. The van der Waals surface area contributed by atoms with E-state index in [1.807, 2.05) is 26.1 Å². The summed E-state index contributed by atoms with van der Waals surface area (Å²) in [5.74, 6) is 1.40. The summed E-state index contributed by atoms with van der Waals surface area (Å²) in [6, 6.07) is 8.90. The van der Waals surface area contributed by atoms with Gasteiger partial charge in [0, 0.05) is 18.3 Å². The van der Waals surface area contributed by atoms with Crippen molar-refractivity contribution in [2.75, 3.05) is 34.0 Å². The van der Waals surface area contributed by atoms with Crippen LogP contribution in [-0.2, 0) is 6.42 Å². The van der Waals surface area contributed by atoms with Crippen molar-refractivity contribution in [2.24, 2.45) is 4.99 Å². The molecule has 182 valence electrons. The zero-order valence-corrected chi connectivity index (χ0v) is 19.7. The molecule has 0 spiro atoms. The number of aromatic amines is 1. The van der Waals surface area contributed by atoms with Crippen molar-refractivity contribution in [3.8, 4) is 28.8 Å². The molecule has 1 atom stereocenters. The SMILES string of the molecule is COc1c2c(cc3c1C(CN=Cc1c(O)n(-c4cccc(C)c4)c(=O)[nH]c1=O)N(C)CC3)OCO2. The number of aryl methyl sites for hydroxylation is 1. The van der Waals surface area contributed by atoms with Crippen molar-refractivity contribution in [3.05, 3.63) is 73.4 Å². The molecule has 2 aliphatic heterocycles. The molecule has 2 aromatic carbocycles. The fourth-order valence-corrected chi connectivity index (χ4v) is 4.66. The van der Waals surface area contributed by atoms with E-state index in [9.17, 15) is 14.7 Å². The van der Waals surface area contributed by atoms with Crippen molar-refractivity contribution in [1.82, 2.24) is 14.5 Å². The molecule has 5 rings (SSSR count). The number of ether oxygens (including phenoxy) is 3. The van der Waals surface area contributed by atoms with E-state index in [0.717, 1.165) is 34.2 Å². The van der Waals surface area contributed by atoms with Gasteiger partial charge in [-0.1, -0.05) is 12.1 Å². The number of rotatable bonds is 5. The third-order valence-corrected chi connectivity index (χ3v) is 6.43. The molecule has 0 saturated carbocycles. The van der Waals surface area contributed by atoms with Crippen LogP contribution in [0.15, 0.2) is 44.9 Å². The van der Waals surface area contributed by atoms with Gasteiger partial charge in [0.15, 0.2) is 11.5 Å². The minimum atomic E-state index is -0.725. The van der Waals surface area contributed by atoms with Crippen LogP contribution >= 0.6 is 0 Å². The van der Waals surface area contributed by atoms with Gasteiger partial charge >= 0.3 is 5.69 Å². The highest BCUT2D eigenvalue weighted by Crippen LogP contribution is 2.49. The number of aromatic nitrogens is 2. The number of methoxy groups -OCH3 is 1. The molecule has 10 heteroatoms. The van der Waals surface area contributed by atoms with Crippen LogP contribution in [-0.4, -0.2) is 59.8 Å². The second-order valence-electron chi connectivity index (χ2n) is 8.63. The molecule has 3 heterocycles. The first-order valence-electron chi connectivity index (χ1n) is 11.2. The van der Waals surface area contributed by atoms with Crippen LogP contribution in [0.1, 0.15) is 28.3 Å². The van der Waals surface area contributed by atoms with E-state index < -0.39 is 17.1 Å². The summed E-state index contributed by atoms with van der Waals surface area (Å²) >= 11 is 0. The lowest BCUT2D eigenvalue weighted by atomic mass is 9.91. The molecule has 10 nitrogen and oxygen atoms in total. The number of hydrogen-bond acceptors (Lipinski definition) is 8. The molecule has 35 heavy (non-hydrogen) atoms. The average molecular weight is 479 g/mol. The molecular formula is C25H26N4O6. The van der Waals surface area contributed by atoms with E-state index in [1.165, 1.54) is 6.21 Å². The van der Waals surface area contributed by atoms with Gasteiger partial charge in [-0.3, -0.25) is 19.7 Å². The highest BCUT2D eigenvalue weighted by atomic mass is 16.7. The molecular weight excluding hydrogens is 452 g/mol. The summed E-state index contributed by atoms with van der Waals surface area (Å²) in [5, 5.41) is 10.8. The van der Waals surface area contributed by atoms with Crippen LogP contribution in [0.3, 0.4) is 0 Å². The van der Waals surface area contributed by atoms with Gasteiger partial charge in [0.05, 0.1) is 25.4 Å². The largest absolute Gasteiger partial charge is 0.493 e. The highest BCUT2D eigenvalue weighted by Gasteiger charge is 2.33. The van der Waals surface area contributed by atoms with Crippen LogP contribution < -0.4 is 25.5 Å². The third-order valence-electron chi connectivity index (χ3n) is 6.43. The molecule has 0 radical (unpaired) electrons. The molecule has 0 aliphatic carbocycles. The number of nitrogens with one attached hydrogen (secondary N) is 1. The Hall–Kier alpha value is -4.05. The Morgan fingerprint density at radius 2 is 2.11 bits per heavy atom. The van der Waals surface area contributed by atoms with Gasteiger partial charge in [-0.05, 0) is 49.7 Å². The Balaban J connectivity index is 1.51. The molecule has 1 unspecified atom stereocenters. The summed E-state index contributed by atoms with van der Waals surface area (Å²) < 4.78 is 18.0. The average Bonchev–Trinajstić information content (AvgIpc) is 3.29. The van der Waals surface area contributed by atoms with Crippen molar-refractivity contribution >= 4 is 6.21 Å². The second kappa shape index (κ2) is 8.95. The number of hydrogen-bond donors (Lipinski definition) is 2. The Bertz CT molecular complexity index is 1440. The minimum Gasteiger partial charge on any atom is -0.493 e. The summed E-state index contributed by atoms with van der Waals surface area (Å²) in [6.45, 7) is 3.12. The van der Waals surface area contributed by atoms with Gasteiger partial charge < -0.3 is 19.3 Å². The molecule has 0 saturated heterocycles. The van der Waals surface area contributed by atoms with Crippen molar-refractivity contribution in [2.45, 2.75) is 19.4 Å². The molecule has 0 fully saturated rings. The van der Waals surface area contributed by atoms with Crippen LogP contribution in [0.25, 0.3) is 5.69 Å². The number of benzene rings is 2. The molecule has 2 aliphatic rings. The lowest BCUT2D eigenvalue weighted by molar-refractivity contribution is 0.170. The molecule has 0 bridgehead atoms. The van der Waals surface area contributed by atoms with E-state index >= 15 is 0 Å². The standard InChI is InChI=1S/C25H26N4O6/c1-14-5-4-6-16(9-14)29-24(31)17(23(30)27-25(29)32)11-26-12-18-20-15(7-8-28(18)2)10-19-21(22(20)33-3)35-13-34-19/h4-6,9-11,18,31H,7-8,12-13H2,1-3H3,(H,27,30,32). The Morgan fingerprint density at radius 3 is 2.89 bits per heavy atom. The van der Waals surface area contributed by atoms with E-state index in [1.54, 1.807) is 25.3 Å². The van der Waals surface area contributed by atoms with E-state index in [4.69, 9.17) is 14.2 Å². The second-order valence-corrected chi connectivity index (χ2v) is 8.63. The van der Waals surface area contributed by atoms with Gasteiger partial charge in [-0.2, -0.15) is 0 Å². The highest BCUT2D eigenvalue weighted by molar-refractivity contribution is 5.82. The molecule has 3 aromatic rings. The first-order chi connectivity index (χ1) is 16.9. The normalized spacial score (nSPS) is 17.1. The van der Waals surface area contributed by atoms with E-state index in [-0.39, 0.29) is 18.4 Å². The monoisotopic (exact) mass is 478 g/mol. The van der Waals surface area contributed by atoms with Crippen LogP contribution in [0.4, 0.5) is 0 Å². The van der Waals surface area contributed by atoms with Crippen molar-refractivity contribution in [3.63, 3.8) is 0 Å². The van der Waals surface area contributed by atoms with Crippen LogP contribution in [0.5, 0.6) is 23.1 Å². The number of fused-ring (bicyclic) bond motifs is 2. The minimum absolute atomic E-state index is 0.0950. The van der Waals surface area contributed by atoms with Crippen molar-refractivity contribution in [1.29, 1.82) is 0 Å². The Labute approximate surface area is 201 Å². The van der Waals surface area contributed by atoms with E-state index in [0.29, 0.717) is 29.5 Å². The van der Waals surface area contributed by atoms with Gasteiger partial charge in [0.1, 0.15) is 5.56 Å². The summed E-state index contributed by atoms with van der Waals surface area (Å²) in [4.78, 5) is 33.9. The number of nitrogens with zero attached hydrogens (tertiary/aromatic N) is 3. The molecule has 1 aromatic heterocycles. The van der Waals surface area contributed by atoms with Crippen LogP contribution in [0, 0.1) is 6.92 Å². The van der Waals surface area contributed by atoms with Gasteiger partial charge in [0.2, 0.25) is 18.4 Å². The molecule has 2 N–H and O–H groups in total. The Kier molecular flexibility index (Phi) is 5.81. The molecule has 0 amide bonds. The number of aromatic hydroxyl groups is 1. The zero-order valence-electron chi connectivity index (χ0n) is 19.7. The van der Waals surface area contributed by atoms with Gasteiger partial charge in [0.25, 0.3) is 5.56 Å². The first kappa shape index (κ1) is 22.7. The zero-order chi connectivity index (χ0) is 24.7. The topological polar surface area (TPSA) is 118 Å².